The molecule has 3 fully saturated rings. The lowest BCUT2D eigenvalue weighted by atomic mass is 9.48. The summed E-state index contributed by atoms with van der Waals surface area (Å²) in [5.41, 5.74) is 4.84. The molecule has 1 aromatic carbocycles. The Balaban J connectivity index is 1.56. The number of phenols is 1. The maximum absolute atomic E-state index is 12.4. The van der Waals surface area contributed by atoms with Crippen molar-refractivity contribution >= 4 is 17.8 Å². The number of primary amides is 1. The number of nitrogens with two attached hydrogens (primary N) is 1. The van der Waals surface area contributed by atoms with Gasteiger partial charge in [-0.05, 0) is 69.0 Å². The predicted molar refractivity (Wildman–Crippen MR) is 124 cm³/mol. The summed E-state index contributed by atoms with van der Waals surface area (Å²) in [5.74, 6) is -2.77. The van der Waals surface area contributed by atoms with Crippen molar-refractivity contribution < 1.29 is 34.8 Å². The SMILES string of the molecule is NC(=O)c1ccc2c(c1O)[C@]13CCN(CC4CC4)[C@H](C2)[C@]1(O)CC[C@@H](NC(CC(=O)O)C(=O)O)C3. The molecule has 190 valence electrons. The maximum atomic E-state index is 12.4. The normalized spacial score (nSPS) is 32.8. The Hall–Kier alpha value is -2.69. The van der Waals surface area contributed by atoms with Gasteiger partial charge in [0.1, 0.15) is 11.8 Å². The van der Waals surface area contributed by atoms with Gasteiger partial charge in [0.15, 0.2) is 0 Å². The first-order valence-corrected chi connectivity index (χ1v) is 12.4. The number of nitrogens with one attached hydrogen (secondary N) is 1. The van der Waals surface area contributed by atoms with E-state index >= 15 is 0 Å². The van der Waals surface area contributed by atoms with Gasteiger partial charge in [-0.1, -0.05) is 6.07 Å². The number of carboxylic acid groups (broad SMARTS) is 2. The molecule has 0 aromatic heterocycles. The van der Waals surface area contributed by atoms with Gasteiger partial charge in [-0.2, -0.15) is 0 Å². The van der Waals surface area contributed by atoms with Gasteiger partial charge < -0.3 is 31.5 Å². The number of carbonyl (C=O) groups is 3. The number of nitrogens with zero attached hydrogens (tertiary/aromatic N) is 1. The second-order valence-corrected chi connectivity index (χ2v) is 10.9. The summed E-state index contributed by atoms with van der Waals surface area (Å²) in [6.07, 6.45) is 4.07. The minimum Gasteiger partial charge on any atom is -0.507 e. The number of carbonyl (C=O) groups excluding carboxylic acids is 1. The van der Waals surface area contributed by atoms with E-state index in [-0.39, 0.29) is 23.4 Å². The molecule has 5 atom stereocenters. The van der Waals surface area contributed by atoms with E-state index in [1.54, 1.807) is 0 Å². The van der Waals surface area contributed by atoms with Crippen molar-refractivity contribution in [3.8, 4) is 5.75 Å². The standard InChI is InChI=1S/C25H33N3O7/c26-22(32)16-4-3-14-9-18-25(35)6-5-15(27-17(23(33)34)10-19(29)30)11-24(25,20(14)21(16)31)7-8-28(18)12-13-1-2-13/h3-4,13,15,17-18,27,31,35H,1-2,5-12H2,(H2,26,32)(H,29,30)(H,33,34)/t15-,17?,18-,24-,25-/m1/s1. The van der Waals surface area contributed by atoms with Gasteiger partial charge in [0, 0.05) is 29.6 Å². The monoisotopic (exact) mass is 487 g/mol. The average Bonchev–Trinajstić information content (AvgIpc) is 3.59. The van der Waals surface area contributed by atoms with Gasteiger partial charge >= 0.3 is 11.9 Å². The van der Waals surface area contributed by atoms with Crippen LogP contribution in [0.1, 0.15) is 66.4 Å². The molecule has 1 amide bonds. The zero-order chi connectivity index (χ0) is 25.1. The summed E-state index contributed by atoms with van der Waals surface area (Å²) in [4.78, 5) is 37.4. The molecular formula is C25H33N3O7. The molecule has 7 N–H and O–H groups in total. The zero-order valence-electron chi connectivity index (χ0n) is 19.6. The number of likely N-dealkylation sites (tertiary alicyclic amines) is 1. The lowest BCUT2D eigenvalue weighted by Crippen LogP contribution is -2.74. The van der Waals surface area contributed by atoms with Gasteiger partial charge in [0.05, 0.1) is 17.6 Å². The van der Waals surface area contributed by atoms with E-state index in [0.29, 0.717) is 50.1 Å². The number of aliphatic carboxylic acids is 2. The molecule has 2 bridgehead atoms. The van der Waals surface area contributed by atoms with Crippen LogP contribution in [-0.2, 0) is 21.4 Å². The van der Waals surface area contributed by atoms with Crippen molar-refractivity contribution in [1.29, 1.82) is 0 Å². The number of hydrogen-bond acceptors (Lipinski definition) is 7. The highest BCUT2D eigenvalue weighted by molar-refractivity contribution is 5.96. The minimum atomic E-state index is -1.26. The van der Waals surface area contributed by atoms with Crippen molar-refractivity contribution in [3.63, 3.8) is 0 Å². The molecule has 2 saturated carbocycles. The molecule has 10 heteroatoms. The molecule has 1 unspecified atom stereocenters. The first kappa shape index (κ1) is 24.0. The Bertz CT molecular complexity index is 1070. The fraction of sp³-hybridized carbons (Fsp3) is 0.640. The molecule has 5 rings (SSSR count). The van der Waals surface area contributed by atoms with Crippen LogP contribution < -0.4 is 11.1 Å². The number of aliphatic hydroxyl groups is 1. The van der Waals surface area contributed by atoms with Gasteiger partial charge in [-0.25, -0.2) is 0 Å². The molecule has 35 heavy (non-hydrogen) atoms. The van der Waals surface area contributed by atoms with Crippen molar-refractivity contribution in [2.24, 2.45) is 11.7 Å². The Kier molecular flexibility index (Phi) is 5.81. The second-order valence-electron chi connectivity index (χ2n) is 10.9. The third kappa shape index (κ3) is 3.88. The van der Waals surface area contributed by atoms with E-state index in [2.05, 4.69) is 10.2 Å². The van der Waals surface area contributed by atoms with Gasteiger partial charge in [0.2, 0.25) is 0 Å². The molecule has 1 aromatic rings. The quantitative estimate of drug-likeness (QED) is 0.306. The topological polar surface area (TPSA) is 173 Å². The molecule has 0 radical (unpaired) electrons. The summed E-state index contributed by atoms with van der Waals surface area (Å²) in [5, 5.41) is 45.3. The predicted octanol–water partition coefficient (Wildman–Crippen LogP) is 0.570. The van der Waals surface area contributed by atoms with E-state index in [1.165, 1.54) is 18.9 Å². The first-order valence-electron chi connectivity index (χ1n) is 12.4. The summed E-state index contributed by atoms with van der Waals surface area (Å²) >= 11 is 0. The number of aromatic hydroxyl groups is 1. The lowest BCUT2D eigenvalue weighted by molar-refractivity contribution is -0.172. The molecule has 1 heterocycles. The lowest BCUT2D eigenvalue weighted by Gasteiger charge is -2.65. The average molecular weight is 488 g/mol. The number of rotatable bonds is 8. The Morgan fingerprint density at radius 2 is 1.91 bits per heavy atom. The van der Waals surface area contributed by atoms with E-state index in [4.69, 9.17) is 10.8 Å². The molecule has 3 aliphatic carbocycles. The molecule has 1 saturated heterocycles. The van der Waals surface area contributed by atoms with Crippen molar-refractivity contribution in [3.05, 3.63) is 28.8 Å². The largest absolute Gasteiger partial charge is 0.507 e. The number of carboxylic acids is 2. The third-order valence-corrected chi connectivity index (χ3v) is 8.84. The van der Waals surface area contributed by atoms with E-state index in [9.17, 15) is 29.7 Å². The molecule has 4 aliphatic rings. The van der Waals surface area contributed by atoms with Crippen LogP contribution in [0.25, 0.3) is 0 Å². The van der Waals surface area contributed by atoms with Crippen molar-refractivity contribution in [1.82, 2.24) is 10.2 Å². The van der Waals surface area contributed by atoms with Crippen LogP contribution in [0, 0.1) is 5.92 Å². The minimum absolute atomic E-state index is 0.00343. The second kappa shape index (κ2) is 8.46. The Labute approximate surface area is 203 Å². The number of piperidine rings is 1. The summed E-state index contributed by atoms with van der Waals surface area (Å²) < 4.78 is 0. The fourth-order valence-corrected chi connectivity index (χ4v) is 7.08. The third-order valence-electron chi connectivity index (χ3n) is 8.84. The Morgan fingerprint density at radius 3 is 2.54 bits per heavy atom. The zero-order valence-corrected chi connectivity index (χ0v) is 19.6. The van der Waals surface area contributed by atoms with Crippen molar-refractivity contribution in [2.75, 3.05) is 13.1 Å². The van der Waals surface area contributed by atoms with Gasteiger partial charge in [0.25, 0.3) is 5.91 Å². The number of hydrogen-bond donors (Lipinski definition) is 6. The number of amides is 1. The fourth-order valence-electron chi connectivity index (χ4n) is 7.08. The molecule has 0 spiro atoms. The highest BCUT2D eigenvalue weighted by Crippen LogP contribution is 2.60. The smallest absolute Gasteiger partial charge is 0.321 e. The first-order chi connectivity index (χ1) is 16.6. The molecular weight excluding hydrogens is 454 g/mol. The van der Waals surface area contributed by atoms with E-state index in [1.807, 2.05) is 6.07 Å². The van der Waals surface area contributed by atoms with Crippen LogP contribution in [0.2, 0.25) is 0 Å². The summed E-state index contributed by atoms with van der Waals surface area (Å²) in [6.45, 7) is 1.64. The van der Waals surface area contributed by atoms with Crippen LogP contribution in [0.15, 0.2) is 12.1 Å². The number of fused-ring (bicyclic) bond motifs is 1. The van der Waals surface area contributed by atoms with Crippen LogP contribution in [0.4, 0.5) is 0 Å². The molecule has 1 aliphatic heterocycles. The van der Waals surface area contributed by atoms with Gasteiger partial charge in [-0.15, -0.1) is 0 Å². The molecule has 10 nitrogen and oxygen atoms in total. The number of benzene rings is 1. The van der Waals surface area contributed by atoms with Crippen LogP contribution in [0.3, 0.4) is 0 Å². The summed E-state index contributed by atoms with van der Waals surface area (Å²) in [7, 11) is 0. The Morgan fingerprint density at radius 1 is 1.17 bits per heavy atom. The van der Waals surface area contributed by atoms with Crippen LogP contribution >= 0.6 is 0 Å². The van der Waals surface area contributed by atoms with Crippen LogP contribution in [0.5, 0.6) is 5.75 Å². The van der Waals surface area contributed by atoms with Crippen molar-refractivity contribution in [2.45, 2.75) is 80.5 Å². The van der Waals surface area contributed by atoms with Crippen LogP contribution in [-0.4, -0.2) is 80.0 Å². The van der Waals surface area contributed by atoms with E-state index in [0.717, 1.165) is 12.1 Å². The van der Waals surface area contributed by atoms with E-state index < -0.39 is 41.3 Å². The summed E-state index contributed by atoms with van der Waals surface area (Å²) in [6, 6.07) is 1.54. The highest BCUT2D eigenvalue weighted by atomic mass is 16.4. The highest BCUT2D eigenvalue weighted by Gasteiger charge is 2.65. The maximum Gasteiger partial charge on any atom is 0.321 e. The van der Waals surface area contributed by atoms with Gasteiger partial charge in [-0.3, -0.25) is 19.3 Å².